The fourth-order valence-corrected chi connectivity index (χ4v) is 1.80. The predicted molar refractivity (Wildman–Crippen MR) is 72.5 cm³/mol. The number of aromatic nitrogens is 4. The van der Waals surface area contributed by atoms with Gasteiger partial charge in [-0.3, -0.25) is 4.68 Å². The Morgan fingerprint density at radius 2 is 2.11 bits per heavy atom. The zero-order valence-electron chi connectivity index (χ0n) is 11.4. The molecule has 0 aliphatic rings. The van der Waals surface area contributed by atoms with Crippen molar-refractivity contribution in [1.29, 1.82) is 0 Å². The molecule has 6 nitrogen and oxygen atoms in total. The second-order valence-electron chi connectivity index (χ2n) is 4.66. The quantitative estimate of drug-likeness (QED) is 0.863. The minimum Gasteiger partial charge on any atom is -0.369 e. The SMILES string of the molecule is CCCNc1nc(CN(C)C)nc2c1cnn2C. The van der Waals surface area contributed by atoms with E-state index in [0.717, 1.165) is 42.2 Å². The number of anilines is 1. The topological polar surface area (TPSA) is 58.9 Å². The van der Waals surface area contributed by atoms with Crippen molar-refractivity contribution < 1.29 is 0 Å². The minimum absolute atomic E-state index is 0.724. The maximum Gasteiger partial charge on any atom is 0.163 e. The van der Waals surface area contributed by atoms with E-state index in [9.17, 15) is 0 Å². The number of nitrogens with one attached hydrogen (secondary N) is 1. The van der Waals surface area contributed by atoms with Gasteiger partial charge in [0.25, 0.3) is 0 Å². The van der Waals surface area contributed by atoms with Crippen molar-refractivity contribution in [3.05, 3.63) is 12.0 Å². The molecule has 0 radical (unpaired) electrons. The molecule has 0 spiro atoms. The average molecular weight is 248 g/mol. The number of fused-ring (bicyclic) bond motifs is 1. The van der Waals surface area contributed by atoms with E-state index in [4.69, 9.17) is 0 Å². The van der Waals surface area contributed by atoms with Gasteiger partial charge in [0.05, 0.1) is 18.1 Å². The minimum atomic E-state index is 0.724. The molecule has 2 heterocycles. The van der Waals surface area contributed by atoms with Crippen LogP contribution < -0.4 is 5.32 Å². The van der Waals surface area contributed by atoms with E-state index in [1.54, 1.807) is 4.68 Å². The zero-order chi connectivity index (χ0) is 13.1. The van der Waals surface area contributed by atoms with E-state index in [1.807, 2.05) is 27.3 Å². The summed E-state index contributed by atoms with van der Waals surface area (Å²) in [7, 11) is 5.92. The number of rotatable bonds is 5. The van der Waals surface area contributed by atoms with Gasteiger partial charge < -0.3 is 10.2 Å². The molecule has 2 rings (SSSR count). The van der Waals surface area contributed by atoms with Gasteiger partial charge in [-0.1, -0.05) is 6.92 Å². The molecule has 0 bridgehead atoms. The van der Waals surface area contributed by atoms with Crippen LogP contribution in [0.4, 0.5) is 5.82 Å². The molecule has 18 heavy (non-hydrogen) atoms. The van der Waals surface area contributed by atoms with Crippen molar-refractivity contribution in [1.82, 2.24) is 24.6 Å². The Kier molecular flexibility index (Phi) is 3.76. The van der Waals surface area contributed by atoms with E-state index >= 15 is 0 Å². The van der Waals surface area contributed by atoms with Gasteiger partial charge in [0, 0.05) is 13.6 Å². The molecule has 0 saturated heterocycles. The molecular formula is C12H20N6. The smallest absolute Gasteiger partial charge is 0.163 e. The molecular weight excluding hydrogens is 228 g/mol. The van der Waals surface area contributed by atoms with Gasteiger partial charge in [0.15, 0.2) is 5.65 Å². The zero-order valence-corrected chi connectivity index (χ0v) is 11.4. The summed E-state index contributed by atoms with van der Waals surface area (Å²) >= 11 is 0. The van der Waals surface area contributed by atoms with Crippen molar-refractivity contribution >= 4 is 16.9 Å². The number of nitrogens with zero attached hydrogens (tertiary/aromatic N) is 5. The second-order valence-corrected chi connectivity index (χ2v) is 4.66. The van der Waals surface area contributed by atoms with Gasteiger partial charge in [-0.15, -0.1) is 0 Å². The summed E-state index contributed by atoms with van der Waals surface area (Å²) in [6.45, 7) is 3.76. The van der Waals surface area contributed by atoms with Gasteiger partial charge in [-0.2, -0.15) is 5.10 Å². The maximum atomic E-state index is 4.57. The standard InChI is InChI=1S/C12H20N6/c1-5-6-13-11-9-7-14-18(4)12(9)16-10(15-11)8-17(2)3/h7H,5-6,8H2,1-4H3,(H,13,15,16). The molecule has 98 valence electrons. The van der Waals surface area contributed by atoms with E-state index < -0.39 is 0 Å². The van der Waals surface area contributed by atoms with Gasteiger partial charge in [0.2, 0.25) is 0 Å². The summed E-state index contributed by atoms with van der Waals surface area (Å²) in [6, 6.07) is 0. The van der Waals surface area contributed by atoms with Gasteiger partial charge in [-0.05, 0) is 20.5 Å². The summed E-state index contributed by atoms with van der Waals surface area (Å²) in [5.74, 6) is 1.70. The molecule has 0 aromatic carbocycles. The van der Waals surface area contributed by atoms with Crippen LogP contribution in [-0.4, -0.2) is 45.3 Å². The Morgan fingerprint density at radius 3 is 2.78 bits per heavy atom. The Labute approximate surface area is 107 Å². The molecule has 2 aromatic heterocycles. The highest BCUT2D eigenvalue weighted by Crippen LogP contribution is 2.19. The lowest BCUT2D eigenvalue weighted by Gasteiger charge is -2.11. The fourth-order valence-electron chi connectivity index (χ4n) is 1.80. The second kappa shape index (κ2) is 5.30. The predicted octanol–water partition coefficient (Wildman–Crippen LogP) is 1.25. The maximum absolute atomic E-state index is 4.57. The highest BCUT2D eigenvalue weighted by atomic mass is 15.3. The van der Waals surface area contributed by atoms with Crippen LogP contribution in [0.2, 0.25) is 0 Å². The van der Waals surface area contributed by atoms with Gasteiger partial charge in [-0.25, -0.2) is 9.97 Å². The van der Waals surface area contributed by atoms with Crippen LogP contribution in [0.1, 0.15) is 19.2 Å². The summed E-state index contributed by atoms with van der Waals surface area (Å²) in [5, 5.41) is 8.57. The average Bonchev–Trinajstić information content (AvgIpc) is 2.68. The Balaban J connectivity index is 2.44. The molecule has 0 saturated carbocycles. The molecule has 2 aromatic rings. The number of hydrogen-bond donors (Lipinski definition) is 1. The lowest BCUT2D eigenvalue weighted by molar-refractivity contribution is 0.391. The first-order valence-electron chi connectivity index (χ1n) is 6.19. The van der Waals surface area contributed by atoms with E-state index in [1.165, 1.54) is 0 Å². The third kappa shape index (κ3) is 2.59. The van der Waals surface area contributed by atoms with Crippen molar-refractivity contribution in [3.63, 3.8) is 0 Å². The number of aryl methyl sites for hydroxylation is 1. The fraction of sp³-hybridized carbons (Fsp3) is 0.583. The molecule has 6 heteroatoms. The van der Waals surface area contributed by atoms with Crippen LogP contribution in [0.15, 0.2) is 6.20 Å². The van der Waals surface area contributed by atoms with Crippen LogP contribution in [-0.2, 0) is 13.6 Å². The summed E-state index contributed by atoms with van der Waals surface area (Å²) in [6.07, 6.45) is 2.88. The number of hydrogen-bond acceptors (Lipinski definition) is 5. The molecule has 0 aliphatic heterocycles. The Bertz CT molecular complexity index is 531. The molecule has 0 amide bonds. The summed E-state index contributed by atoms with van der Waals surface area (Å²) in [4.78, 5) is 11.2. The van der Waals surface area contributed by atoms with Crippen LogP contribution in [0.3, 0.4) is 0 Å². The molecule has 0 aliphatic carbocycles. The highest BCUT2D eigenvalue weighted by Gasteiger charge is 2.11. The normalized spacial score (nSPS) is 11.4. The Hall–Kier alpha value is -1.69. The van der Waals surface area contributed by atoms with E-state index in [-0.39, 0.29) is 0 Å². The van der Waals surface area contributed by atoms with E-state index in [2.05, 4.69) is 32.2 Å². The van der Waals surface area contributed by atoms with Crippen molar-refractivity contribution in [2.24, 2.45) is 7.05 Å². The lowest BCUT2D eigenvalue weighted by Crippen LogP contribution is -2.15. The molecule has 1 N–H and O–H groups in total. The van der Waals surface area contributed by atoms with Crippen molar-refractivity contribution in [2.75, 3.05) is 26.0 Å². The Morgan fingerprint density at radius 1 is 1.33 bits per heavy atom. The van der Waals surface area contributed by atoms with Crippen molar-refractivity contribution in [3.8, 4) is 0 Å². The largest absolute Gasteiger partial charge is 0.369 e. The van der Waals surface area contributed by atoms with Crippen LogP contribution >= 0.6 is 0 Å². The highest BCUT2D eigenvalue weighted by molar-refractivity contribution is 5.86. The molecule has 0 atom stereocenters. The third-order valence-electron chi connectivity index (χ3n) is 2.64. The first-order chi connectivity index (χ1) is 8.61. The van der Waals surface area contributed by atoms with Crippen LogP contribution in [0.5, 0.6) is 0 Å². The monoisotopic (exact) mass is 248 g/mol. The summed E-state index contributed by atoms with van der Waals surface area (Å²) in [5.41, 5.74) is 0.875. The van der Waals surface area contributed by atoms with Gasteiger partial charge in [0.1, 0.15) is 11.6 Å². The third-order valence-corrected chi connectivity index (χ3v) is 2.64. The van der Waals surface area contributed by atoms with Crippen molar-refractivity contribution in [2.45, 2.75) is 19.9 Å². The summed E-state index contributed by atoms with van der Waals surface area (Å²) < 4.78 is 1.79. The lowest BCUT2D eigenvalue weighted by atomic mass is 10.3. The van der Waals surface area contributed by atoms with E-state index in [0.29, 0.717) is 0 Å². The first kappa shape index (κ1) is 12.8. The first-order valence-corrected chi connectivity index (χ1v) is 6.19. The molecule has 0 fully saturated rings. The molecule has 0 unspecified atom stereocenters. The van der Waals surface area contributed by atoms with Crippen LogP contribution in [0, 0.1) is 0 Å². The van der Waals surface area contributed by atoms with Gasteiger partial charge >= 0.3 is 0 Å². The van der Waals surface area contributed by atoms with Crippen LogP contribution in [0.25, 0.3) is 11.0 Å².